The number of carboxylic acid groups (broad SMARTS) is 1. The lowest BCUT2D eigenvalue weighted by Crippen LogP contribution is -2.41. The van der Waals surface area contributed by atoms with Crippen LogP contribution in [-0.4, -0.2) is 209 Å². The van der Waals surface area contributed by atoms with Gasteiger partial charge in [-0.25, -0.2) is 24.0 Å². The van der Waals surface area contributed by atoms with Gasteiger partial charge in [-0.3, -0.25) is 9.36 Å². The standard InChI is InChI=1S/C15H19Br2NO2.C15H19NO2.C14H16BrNO2.C11H15O5P.C9H9BrO2.C6H11NO.C3H9O3P/c1-18-9-7-15(17,8-10-18)13(16)11-3-5-12(6-4-11)14(19)20-2;1-16-9-7-13(8-10-16)11-12-3-5-14(6-4-12)15(17)18-2;1-16-8-6-11(7-9-16)13(15)10-2-4-12(5-3-10)14(17)18;1-14-11(12)10-6-4-9(5-7-10)8-17(13,15-2)16-3;1-12-9(11)8-4-2-7(6-10)3-5-8;1-7-4-2-6(8)3-5-7;1-4-7(5-2)6-3/h3-6,13H,7-10H2,1-2H3;3-6,11H,7-10H2,1-2H3;2-5H,6-9H2,1H3,(H,17,18);4-7H,8H2,1-3H3;2-5H,6H2,1H3;2-5H2,1H3;1-3H3. The summed E-state index contributed by atoms with van der Waals surface area (Å²) >= 11 is 14.7. The molecule has 0 spiro atoms. The third-order valence-electron chi connectivity index (χ3n) is 16.3. The summed E-state index contributed by atoms with van der Waals surface area (Å²) in [5, 5.41) is 9.66. The Morgan fingerprint density at radius 3 is 1.20 bits per heavy atom. The van der Waals surface area contributed by atoms with E-state index in [0.29, 0.717) is 33.6 Å². The van der Waals surface area contributed by atoms with Crippen molar-refractivity contribution in [3.05, 3.63) is 188 Å². The van der Waals surface area contributed by atoms with E-state index in [1.807, 2.05) is 79.8 Å². The molecule has 27 heteroatoms. The number of likely N-dealkylation sites (tertiary alicyclic amines) is 4. The van der Waals surface area contributed by atoms with Crippen molar-refractivity contribution >= 4 is 126 Å². The number of carbonyl (C=O) groups excluding carboxylic acids is 5. The molecule has 4 aliphatic rings. The Bertz CT molecular complexity index is 3370. The van der Waals surface area contributed by atoms with Crippen LogP contribution in [0.4, 0.5) is 0 Å². The van der Waals surface area contributed by atoms with Crippen molar-refractivity contribution in [2.45, 2.75) is 72.0 Å². The molecule has 100 heavy (non-hydrogen) atoms. The van der Waals surface area contributed by atoms with E-state index in [1.165, 1.54) is 59.4 Å². The van der Waals surface area contributed by atoms with Crippen LogP contribution < -0.4 is 0 Å². The SMILES string of the molecule is CN1CCC(=C(Br)c2ccc(C(=O)O)cc2)CC1.CN1CCC(=O)CC1.COC(=O)c1ccc(C(Br)C2(Br)CCN(C)CC2)cc1.COC(=O)c1ccc(C=C2CCN(C)CC2)cc1.COC(=O)c1ccc(CBr)cc1.COC(=O)c1ccc(CP(=O)(OC)OC)cc1.COP(OC)OC. The number of esters is 4. The summed E-state index contributed by atoms with van der Waals surface area (Å²) in [6.45, 7) is 8.52. The average molecular weight is 1690 g/mol. The highest BCUT2D eigenvalue weighted by atomic mass is 79.9. The van der Waals surface area contributed by atoms with Gasteiger partial charge in [0.25, 0.3) is 0 Å². The Hall–Kier alpha value is -5.18. The Labute approximate surface area is 626 Å². The van der Waals surface area contributed by atoms with Crippen LogP contribution in [0.3, 0.4) is 0 Å². The highest BCUT2D eigenvalue weighted by Gasteiger charge is 2.38. The summed E-state index contributed by atoms with van der Waals surface area (Å²) in [6.07, 6.45) is 10.5. The zero-order chi connectivity index (χ0) is 74.4. The van der Waals surface area contributed by atoms with Crippen molar-refractivity contribution in [1.29, 1.82) is 0 Å². The van der Waals surface area contributed by atoms with E-state index in [-0.39, 0.29) is 33.2 Å². The Morgan fingerprint density at radius 1 is 0.510 bits per heavy atom. The second-order valence-corrected chi connectivity index (χ2v) is 31.1. The molecule has 1 atom stereocenters. The summed E-state index contributed by atoms with van der Waals surface area (Å²) in [5.41, 5.74) is 10.7. The molecule has 1 N–H and O–H groups in total. The monoisotopic (exact) mass is 1680 g/mol. The number of carboxylic acids is 1. The molecule has 0 saturated carbocycles. The summed E-state index contributed by atoms with van der Waals surface area (Å²) in [4.78, 5) is 75.7. The van der Waals surface area contributed by atoms with E-state index in [4.69, 9.17) is 18.9 Å². The zero-order valence-corrected chi connectivity index (χ0v) is 67.7. The third-order valence-corrected chi connectivity index (χ3v) is 24.0. The molecule has 9 rings (SSSR count). The van der Waals surface area contributed by atoms with Gasteiger partial charge in [0.2, 0.25) is 0 Å². The molecule has 4 fully saturated rings. The van der Waals surface area contributed by atoms with Crippen LogP contribution in [0, 0.1) is 0 Å². The number of benzene rings is 5. The molecule has 0 aliphatic carbocycles. The molecular formula is C73H98Br4N4O17P2. The fourth-order valence-electron chi connectivity index (χ4n) is 9.87. The molecule has 550 valence electrons. The largest absolute Gasteiger partial charge is 0.478 e. The lowest BCUT2D eigenvalue weighted by Gasteiger charge is -2.39. The maximum absolute atomic E-state index is 11.9. The van der Waals surface area contributed by atoms with Gasteiger partial charge in [0.05, 0.1) is 67.2 Å². The molecule has 4 aliphatic heterocycles. The molecule has 0 aromatic heterocycles. The minimum absolute atomic E-state index is 0.0757. The number of halogens is 4. The number of carbonyl (C=O) groups is 6. The maximum Gasteiger partial charge on any atom is 0.337 e. The van der Waals surface area contributed by atoms with Gasteiger partial charge in [0, 0.05) is 102 Å². The summed E-state index contributed by atoms with van der Waals surface area (Å²) < 4.78 is 55.3. The first-order valence-corrected chi connectivity index (χ1v) is 38.5. The molecule has 0 amide bonds. The predicted octanol–water partition coefficient (Wildman–Crippen LogP) is 15.8. The average Bonchev–Trinajstić information content (AvgIpc) is 0.811. The number of piperidine rings is 4. The second kappa shape index (κ2) is 48.0. The van der Waals surface area contributed by atoms with Crippen molar-refractivity contribution in [3.8, 4) is 0 Å². The number of hydrogen-bond donors (Lipinski definition) is 1. The van der Waals surface area contributed by atoms with E-state index >= 15 is 0 Å². The number of ether oxygens (including phenoxy) is 4. The van der Waals surface area contributed by atoms with E-state index in [9.17, 15) is 33.3 Å². The van der Waals surface area contributed by atoms with Crippen LogP contribution in [0.15, 0.2) is 132 Å². The topological polar surface area (TPSA) is 236 Å². The molecule has 4 saturated heterocycles. The van der Waals surface area contributed by atoms with Crippen molar-refractivity contribution in [1.82, 2.24) is 19.6 Å². The van der Waals surface area contributed by atoms with Crippen LogP contribution in [-0.2, 0) is 62.4 Å². The Morgan fingerprint density at radius 2 is 0.850 bits per heavy atom. The van der Waals surface area contributed by atoms with Gasteiger partial charge >= 0.3 is 46.0 Å². The number of hydrogen-bond acceptors (Lipinski definition) is 20. The van der Waals surface area contributed by atoms with Crippen LogP contribution >= 0.6 is 79.9 Å². The highest BCUT2D eigenvalue weighted by Crippen LogP contribution is 2.50. The predicted molar refractivity (Wildman–Crippen MR) is 410 cm³/mol. The molecule has 0 radical (unpaired) electrons. The smallest absolute Gasteiger partial charge is 0.337 e. The third kappa shape index (κ3) is 32.2. The van der Waals surface area contributed by atoms with E-state index in [2.05, 4.69) is 138 Å². The van der Waals surface area contributed by atoms with Gasteiger partial charge < -0.3 is 66.3 Å². The molecular weight excluding hydrogens is 1590 g/mol. The first-order valence-electron chi connectivity index (χ1n) is 32.1. The Kier molecular flexibility index (Phi) is 42.7. The van der Waals surface area contributed by atoms with Gasteiger partial charge in [-0.15, -0.1) is 0 Å². The fourth-order valence-corrected chi connectivity index (χ4v) is 13.8. The van der Waals surface area contributed by atoms with E-state index in [0.717, 1.165) is 136 Å². The van der Waals surface area contributed by atoms with Crippen LogP contribution in [0.1, 0.15) is 136 Å². The molecule has 21 nitrogen and oxygen atoms in total. The highest BCUT2D eigenvalue weighted by molar-refractivity contribution is 9.15. The van der Waals surface area contributed by atoms with Crippen molar-refractivity contribution in [2.24, 2.45) is 0 Å². The first kappa shape index (κ1) is 89.0. The first-order chi connectivity index (χ1) is 47.7. The summed E-state index contributed by atoms with van der Waals surface area (Å²) in [5.74, 6) is -1.74. The number of Topliss-reactive ketones (excluding diaryl/α,β-unsaturated/α-hetero) is 1. The maximum atomic E-state index is 11.9. The molecule has 5 aromatic rings. The zero-order valence-electron chi connectivity index (χ0n) is 59.6. The number of rotatable bonds is 17. The number of aromatic carboxylic acids is 1. The van der Waals surface area contributed by atoms with Gasteiger partial charge in [0.1, 0.15) is 5.78 Å². The van der Waals surface area contributed by atoms with Crippen LogP contribution in [0.2, 0.25) is 0 Å². The summed E-state index contributed by atoms with van der Waals surface area (Å²) in [7, 11) is 17.2. The lowest BCUT2D eigenvalue weighted by atomic mass is 9.89. The molecule has 1 unspecified atom stereocenters. The van der Waals surface area contributed by atoms with Gasteiger partial charge in [-0.1, -0.05) is 142 Å². The van der Waals surface area contributed by atoms with Crippen LogP contribution in [0.25, 0.3) is 10.6 Å². The number of nitrogens with zero attached hydrogens (tertiary/aromatic N) is 4. The quantitative estimate of drug-likeness (QED) is 0.0394. The Balaban J connectivity index is 0.000000311. The number of ketones is 1. The lowest BCUT2D eigenvalue weighted by molar-refractivity contribution is -0.121. The van der Waals surface area contributed by atoms with Crippen molar-refractivity contribution in [2.75, 3.05) is 145 Å². The van der Waals surface area contributed by atoms with E-state index < -0.39 is 28.1 Å². The van der Waals surface area contributed by atoms with Crippen LogP contribution in [0.5, 0.6) is 0 Å². The molecule has 5 aromatic carbocycles. The van der Waals surface area contributed by atoms with Crippen molar-refractivity contribution in [3.63, 3.8) is 0 Å². The van der Waals surface area contributed by atoms with Gasteiger partial charge in [-0.2, -0.15) is 0 Å². The summed E-state index contributed by atoms with van der Waals surface area (Å²) in [6, 6.07) is 36.1. The number of methoxy groups -OCH3 is 4. The van der Waals surface area contributed by atoms with Crippen molar-refractivity contribution < 1.29 is 80.0 Å². The minimum Gasteiger partial charge on any atom is -0.478 e. The fraction of sp³-hybridized carbons (Fsp3) is 0.452. The van der Waals surface area contributed by atoms with E-state index in [1.54, 1.807) is 69.9 Å². The normalized spacial score (nSPS) is 15.7. The molecule has 4 heterocycles. The van der Waals surface area contributed by atoms with Gasteiger partial charge in [-0.05, 0) is 168 Å². The molecule has 0 bridgehead atoms. The minimum atomic E-state index is -3.06. The second-order valence-electron chi connectivity index (χ2n) is 23.4. The van der Waals surface area contributed by atoms with Gasteiger partial charge in [0.15, 0.2) is 0 Å². The number of alkyl halides is 3.